The number of ether oxygens (including phenoxy) is 1. The molecular weight excluding hydrogens is 484 g/mol. The second-order valence-corrected chi connectivity index (χ2v) is 10.6. The van der Waals surface area contributed by atoms with E-state index >= 15 is 0 Å². The molecule has 3 aromatic rings. The summed E-state index contributed by atoms with van der Waals surface area (Å²) in [7, 11) is 0. The van der Waals surface area contributed by atoms with E-state index in [1.807, 2.05) is 6.07 Å². The largest absolute Gasteiger partial charge is 0.507 e. The Hall–Kier alpha value is -4.49. The number of phenolic OH excluding ortho intramolecular Hbond substituents is 3. The summed E-state index contributed by atoms with van der Waals surface area (Å²) >= 11 is 0. The van der Waals surface area contributed by atoms with Crippen LogP contribution in [-0.4, -0.2) is 32.7 Å². The number of ketones is 3. The van der Waals surface area contributed by atoms with Gasteiger partial charge in [0.1, 0.15) is 17.2 Å². The second-order valence-electron chi connectivity index (χ2n) is 10.6. The molecule has 0 aromatic heterocycles. The highest BCUT2D eigenvalue weighted by molar-refractivity contribution is 6.24. The number of rotatable bonds is 0. The monoisotopic (exact) mass is 504 g/mol. The van der Waals surface area contributed by atoms with E-state index in [2.05, 4.69) is 0 Å². The Labute approximate surface area is 216 Å². The van der Waals surface area contributed by atoms with Gasteiger partial charge in [-0.2, -0.15) is 0 Å². The van der Waals surface area contributed by atoms with Crippen LogP contribution in [0.15, 0.2) is 48.6 Å². The molecule has 38 heavy (non-hydrogen) atoms. The van der Waals surface area contributed by atoms with E-state index in [0.29, 0.717) is 39.0 Å². The van der Waals surface area contributed by atoms with E-state index in [0.717, 1.165) is 5.56 Å². The molecule has 0 unspecified atom stereocenters. The van der Waals surface area contributed by atoms with Crippen LogP contribution in [0.4, 0.5) is 0 Å². The number of hydrogen-bond donors (Lipinski definition) is 3. The Morgan fingerprint density at radius 1 is 0.789 bits per heavy atom. The van der Waals surface area contributed by atoms with Gasteiger partial charge in [0, 0.05) is 24.0 Å². The van der Waals surface area contributed by atoms with Crippen molar-refractivity contribution in [1.82, 2.24) is 0 Å². The van der Waals surface area contributed by atoms with Crippen molar-refractivity contribution in [2.75, 3.05) is 0 Å². The highest BCUT2D eigenvalue weighted by atomic mass is 16.5. The van der Waals surface area contributed by atoms with Crippen molar-refractivity contribution in [3.63, 3.8) is 0 Å². The molecule has 1 heterocycles. The van der Waals surface area contributed by atoms with E-state index in [1.54, 1.807) is 24.3 Å². The van der Waals surface area contributed by atoms with E-state index < -0.39 is 11.3 Å². The molecular formula is C31H20O7. The van der Waals surface area contributed by atoms with Gasteiger partial charge in [0.25, 0.3) is 0 Å². The van der Waals surface area contributed by atoms with Crippen molar-refractivity contribution in [3.05, 3.63) is 98.6 Å². The third-order valence-corrected chi connectivity index (χ3v) is 8.96. The first-order valence-electron chi connectivity index (χ1n) is 12.5. The number of aromatic hydroxyl groups is 3. The fourth-order valence-corrected chi connectivity index (χ4v) is 7.60. The lowest BCUT2D eigenvalue weighted by atomic mass is 9.56. The molecule has 1 aliphatic heterocycles. The van der Waals surface area contributed by atoms with Crippen molar-refractivity contribution in [1.29, 1.82) is 0 Å². The number of fused-ring (bicyclic) bond motifs is 4. The van der Waals surface area contributed by atoms with Crippen molar-refractivity contribution >= 4 is 28.5 Å². The van der Waals surface area contributed by atoms with Crippen molar-refractivity contribution < 1.29 is 34.4 Å². The van der Waals surface area contributed by atoms with E-state index in [1.165, 1.54) is 18.2 Å². The molecule has 0 radical (unpaired) electrons. The van der Waals surface area contributed by atoms with E-state index in [9.17, 15) is 29.7 Å². The highest BCUT2D eigenvalue weighted by Gasteiger charge is 2.59. The quantitative estimate of drug-likeness (QED) is 0.410. The third-order valence-electron chi connectivity index (χ3n) is 8.96. The minimum atomic E-state index is -1.08. The van der Waals surface area contributed by atoms with Gasteiger partial charge >= 0.3 is 0 Å². The van der Waals surface area contributed by atoms with Crippen LogP contribution >= 0.6 is 0 Å². The maximum absolute atomic E-state index is 13.9. The predicted octanol–water partition coefficient (Wildman–Crippen LogP) is 4.59. The molecule has 0 fully saturated rings. The fraction of sp³-hybridized carbons (Fsp3) is 0.194. The van der Waals surface area contributed by atoms with E-state index in [-0.39, 0.29) is 77.3 Å². The minimum Gasteiger partial charge on any atom is -0.507 e. The lowest BCUT2D eigenvalue weighted by Gasteiger charge is -2.44. The summed E-state index contributed by atoms with van der Waals surface area (Å²) in [6.45, 7) is 0.483. The minimum absolute atomic E-state index is 0.00200. The SMILES string of the molecule is O=C1C[C@H]2CC(=O)c3c(cc4c(c3O)COC4)C3=C4C=CC(=O)c5c(O)ccc(c54)[C@@]32c2cccc(O)c21. The molecule has 7 nitrogen and oxygen atoms in total. The molecule has 3 N–H and O–H groups in total. The van der Waals surface area contributed by atoms with Crippen LogP contribution in [0.2, 0.25) is 0 Å². The summed E-state index contributed by atoms with van der Waals surface area (Å²) in [6.07, 6.45) is 3.08. The Balaban J connectivity index is 1.62. The van der Waals surface area contributed by atoms with Gasteiger partial charge in [0.15, 0.2) is 17.3 Å². The van der Waals surface area contributed by atoms with Gasteiger partial charge in [-0.15, -0.1) is 0 Å². The molecule has 8 rings (SSSR count). The zero-order valence-electron chi connectivity index (χ0n) is 20.0. The molecule has 1 spiro atoms. The molecule has 4 aliphatic carbocycles. The average Bonchev–Trinajstić information content (AvgIpc) is 3.44. The summed E-state index contributed by atoms with van der Waals surface area (Å²) in [5.41, 5.74) is 4.54. The van der Waals surface area contributed by atoms with Crippen LogP contribution in [0.5, 0.6) is 17.2 Å². The van der Waals surface area contributed by atoms with Gasteiger partial charge in [0.05, 0.1) is 35.3 Å². The van der Waals surface area contributed by atoms with Crippen LogP contribution in [0, 0.1) is 5.92 Å². The number of carbonyl (C=O) groups excluding carboxylic acids is 3. The molecule has 2 atom stereocenters. The summed E-state index contributed by atoms with van der Waals surface area (Å²) in [4.78, 5) is 40.4. The van der Waals surface area contributed by atoms with Gasteiger partial charge in [-0.05, 0) is 63.6 Å². The zero-order valence-corrected chi connectivity index (χ0v) is 20.0. The smallest absolute Gasteiger partial charge is 0.190 e. The Morgan fingerprint density at radius 2 is 1.53 bits per heavy atom. The number of carbonyl (C=O) groups is 3. The normalized spacial score (nSPS) is 23.9. The van der Waals surface area contributed by atoms with Gasteiger partial charge in [-0.3, -0.25) is 14.4 Å². The molecule has 7 heteroatoms. The first-order valence-corrected chi connectivity index (χ1v) is 12.5. The lowest BCUT2D eigenvalue weighted by Crippen LogP contribution is -2.42. The van der Waals surface area contributed by atoms with E-state index in [4.69, 9.17) is 4.74 Å². The molecule has 3 aromatic carbocycles. The summed E-state index contributed by atoms with van der Waals surface area (Å²) in [6, 6.07) is 10.1. The van der Waals surface area contributed by atoms with Gasteiger partial charge in [-0.1, -0.05) is 24.3 Å². The Morgan fingerprint density at radius 3 is 2.34 bits per heavy atom. The zero-order chi connectivity index (χ0) is 26.1. The van der Waals surface area contributed by atoms with Crippen LogP contribution in [0.1, 0.15) is 77.3 Å². The summed E-state index contributed by atoms with van der Waals surface area (Å²) < 4.78 is 5.60. The van der Waals surface area contributed by atoms with Crippen molar-refractivity contribution in [2.24, 2.45) is 5.92 Å². The molecule has 186 valence electrons. The van der Waals surface area contributed by atoms with Crippen molar-refractivity contribution in [2.45, 2.75) is 31.5 Å². The Kier molecular flexibility index (Phi) is 3.91. The second kappa shape index (κ2) is 6.88. The summed E-state index contributed by atoms with van der Waals surface area (Å²) in [5.74, 6) is -1.81. The van der Waals surface area contributed by atoms with Gasteiger partial charge in [-0.25, -0.2) is 0 Å². The number of allylic oxidation sites excluding steroid dienone is 4. The average molecular weight is 504 g/mol. The maximum Gasteiger partial charge on any atom is 0.190 e. The molecule has 0 amide bonds. The van der Waals surface area contributed by atoms with Gasteiger partial charge < -0.3 is 20.1 Å². The lowest BCUT2D eigenvalue weighted by molar-refractivity contribution is 0.0883. The van der Waals surface area contributed by atoms with Crippen LogP contribution in [0.25, 0.3) is 11.1 Å². The number of hydrogen-bond acceptors (Lipinski definition) is 7. The number of benzene rings is 3. The molecule has 0 bridgehead atoms. The van der Waals surface area contributed by atoms with Crippen LogP contribution in [-0.2, 0) is 23.4 Å². The maximum atomic E-state index is 13.9. The summed E-state index contributed by atoms with van der Waals surface area (Å²) in [5, 5.41) is 33.0. The fourth-order valence-electron chi connectivity index (χ4n) is 7.60. The Bertz CT molecular complexity index is 1790. The topological polar surface area (TPSA) is 121 Å². The van der Waals surface area contributed by atoms with Crippen LogP contribution in [0.3, 0.4) is 0 Å². The molecule has 0 saturated heterocycles. The number of Topliss-reactive ketones (excluding diaryl/α,β-unsaturated/α-hetero) is 2. The third kappa shape index (κ3) is 2.28. The standard InChI is InChI=1S/C31H20O7/c32-20-3-1-2-18-27(20)24(36)10-14-9-23(35)26-16(8-13-11-38-12-17(13)30(26)37)29-15-4-6-21(33)28-22(34)7-5-19(25(15)28)31(14,18)29/h1-8,14,32,34,37H,9-12H2/t14-,31-/m1/s1. The molecule has 0 saturated carbocycles. The molecule has 5 aliphatic rings. The number of phenols is 3. The van der Waals surface area contributed by atoms with Crippen molar-refractivity contribution in [3.8, 4) is 17.2 Å². The first kappa shape index (κ1) is 21.6. The highest BCUT2D eigenvalue weighted by Crippen LogP contribution is 2.66. The predicted molar refractivity (Wildman–Crippen MR) is 135 cm³/mol. The van der Waals surface area contributed by atoms with Gasteiger partial charge in [0.2, 0.25) is 0 Å². The van der Waals surface area contributed by atoms with Crippen LogP contribution < -0.4 is 0 Å². The first-order chi connectivity index (χ1) is 18.3.